The molecular formula is C17H13ClF5N3OS. The van der Waals surface area contributed by atoms with E-state index in [9.17, 15) is 22.0 Å². The minimum absolute atomic E-state index is 0.156. The Morgan fingerprint density at radius 3 is 2.61 bits per heavy atom. The van der Waals surface area contributed by atoms with E-state index < -0.39 is 18.7 Å². The zero-order valence-corrected chi connectivity index (χ0v) is 15.9. The molecule has 0 radical (unpaired) electrons. The fraction of sp³-hybridized carbons (Fsp3) is 0.294. The highest BCUT2D eigenvalue weighted by molar-refractivity contribution is 7.99. The molecule has 4 nitrogen and oxygen atoms in total. The van der Waals surface area contributed by atoms with Crippen LogP contribution in [0.2, 0.25) is 5.15 Å². The standard InChI is InChI=1S/C17H13ClF5N3OS/c1-2-28-12-5-6-13(18)25-14(12)15-24-8-10-11(4-3-7-26(10)15)27-9-16(19,20)17(21,22)23/h3-8H,2,9H2,1H3. The summed E-state index contributed by atoms with van der Waals surface area (Å²) in [5, 5.41) is 0.240. The average molecular weight is 438 g/mol. The zero-order chi connectivity index (χ0) is 20.5. The number of hydrogen-bond donors (Lipinski definition) is 0. The summed E-state index contributed by atoms with van der Waals surface area (Å²) in [7, 11) is 0. The van der Waals surface area contributed by atoms with Crippen LogP contribution in [0.15, 0.2) is 41.6 Å². The average Bonchev–Trinajstić information content (AvgIpc) is 3.05. The topological polar surface area (TPSA) is 39.4 Å². The van der Waals surface area contributed by atoms with E-state index >= 15 is 0 Å². The van der Waals surface area contributed by atoms with Gasteiger partial charge in [-0.1, -0.05) is 18.5 Å². The van der Waals surface area contributed by atoms with Gasteiger partial charge in [-0.25, -0.2) is 9.97 Å². The molecule has 0 bridgehead atoms. The number of thioether (sulfide) groups is 1. The van der Waals surface area contributed by atoms with Gasteiger partial charge in [-0.15, -0.1) is 11.8 Å². The molecule has 0 aliphatic carbocycles. The maximum Gasteiger partial charge on any atom is 0.456 e. The molecular weight excluding hydrogens is 425 g/mol. The summed E-state index contributed by atoms with van der Waals surface area (Å²) in [5.41, 5.74) is 0.696. The second-order valence-electron chi connectivity index (χ2n) is 5.61. The van der Waals surface area contributed by atoms with E-state index in [0.717, 1.165) is 10.6 Å². The lowest BCUT2D eigenvalue weighted by Crippen LogP contribution is -2.41. The highest BCUT2D eigenvalue weighted by atomic mass is 35.5. The van der Waals surface area contributed by atoms with Gasteiger partial charge in [0.2, 0.25) is 0 Å². The third kappa shape index (κ3) is 4.02. The van der Waals surface area contributed by atoms with Crippen molar-refractivity contribution in [3.8, 4) is 17.3 Å². The highest BCUT2D eigenvalue weighted by Crippen LogP contribution is 2.37. The van der Waals surface area contributed by atoms with Gasteiger partial charge in [0.25, 0.3) is 0 Å². The van der Waals surface area contributed by atoms with Gasteiger partial charge < -0.3 is 4.74 Å². The quantitative estimate of drug-likeness (QED) is 0.280. The van der Waals surface area contributed by atoms with Crippen LogP contribution in [-0.2, 0) is 0 Å². The van der Waals surface area contributed by atoms with Gasteiger partial charge in [0, 0.05) is 11.1 Å². The van der Waals surface area contributed by atoms with Crippen molar-refractivity contribution in [1.29, 1.82) is 0 Å². The molecule has 0 saturated heterocycles. The number of fused-ring (bicyclic) bond motifs is 1. The molecule has 0 atom stereocenters. The third-order valence-corrected chi connectivity index (χ3v) is 4.83. The Labute approximate surface area is 165 Å². The summed E-state index contributed by atoms with van der Waals surface area (Å²) >= 11 is 7.50. The lowest BCUT2D eigenvalue weighted by atomic mass is 10.3. The van der Waals surface area contributed by atoms with Crippen LogP contribution in [0.1, 0.15) is 6.92 Å². The summed E-state index contributed by atoms with van der Waals surface area (Å²) in [4.78, 5) is 9.33. The van der Waals surface area contributed by atoms with Gasteiger partial charge in [-0.3, -0.25) is 4.40 Å². The molecule has 11 heteroatoms. The van der Waals surface area contributed by atoms with E-state index in [2.05, 4.69) is 9.97 Å². The van der Waals surface area contributed by atoms with Crippen LogP contribution in [0.3, 0.4) is 0 Å². The summed E-state index contributed by atoms with van der Waals surface area (Å²) in [6, 6.07) is 6.16. The molecule has 150 valence electrons. The first kappa shape index (κ1) is 20.7. The van der Waals surface area contributed by atoms with Crippen molar-refractivity contribution in [1.82, 2.24) is 14.4 Å². The lowest BCUT2D eigenvalue weighted by molar-refractivity contribution is -0.289. The third-order valence-electron chi connectivity index (χ3n) is 3.69. The second-order valence-corrected chi connectivity index (χ2v) is 7.31. The predicted octanol–water partition coefficient (Wildman–Crippen LogP) is 5.74. The Morgan fingerprint density at radius 1 is 1.18 bits per heavy atom. The Bertz CT molecular complexity index is 993. The summed E-state index contributed by atoms with van der Waals surface area (Å²) in [5.74, 6) is -4.00. The number of pyridine rings is 2. The Morgan fingerprint density at radius 2 is 1.93 bits per heavy atom. The van der Waals surface area contributed by atoms with Gasteiger partial charge in [0.05, 0.1) is 6.20 Å². The number of nitrogens with zero attached hydrogens (tertiary/aromatic N) is 3. The summed E-state index contributed by atoms with van der Waals surface area (Å²) < 4.78 is 69.7. The Balaban J connectivity index is 2.00. The minimum atomic E-state index is -5.69. The van der Waals surface area contributed by atoms with Crippen molar-refractivity contribution in [2.75, 3.05) is 12.4 Å². The Hall–Kier alpha value is -2.07. The fourth-order valence-electron chi connectivity index (χ4n) is 2.40. The largest absolute Gasteiger partial charge is 0.485 e. The lowest BCUT2D eigenvalue weighted by Gasteiger charge is -2.20. The fourth-order valence-corrected chi connectivity index (χ4v) is 3.29. The van der Waals surface area contributed by atoms with Crippen LogP contribution in [-0.4, -0.2) is 38.8 Å². The molecule has 0 aromatic carbocycles. The number of halogens is 6. The number of imidazole rings is 1. The SMILES string of the molecule is CCSc1ccc(Cl)nc1-c1ncc2c(OCC(F)(F)C(F)(F)F)cccn12. The molecule has 3 heterocycles. The van der Waals surface area contributed by atoms with E-state index in [4.69, 9.17) is 16.3 Å². The molecule has 0 spiro atoms. The van der Waals surface area contributed by atoms with Gasteiger partial charge in [-0.05, 0) is 30.0 Å². The predicted molar refractivity (Wildman–Crippen MR) is 96.3 cm³/mol. The van der Waals surface area contributed by atoms with Gasteiger partial charge in [-0.2, -0.15) is 22.0 Å². The number of alkyl halides is 5. The van der Waals surface area contributed by atoms with Crippen LogP contribution < -0.4 is 4.74 Å². The van der Waals surface area contributed by atoms with Crippen LogP contribution in [0.4, 0.5) is 22.0 Å². The molecule has 3 rings (SSSR count). The van der Waals surface area contributed by atoms with Crippen LogP contribution in [0.5, 0.6) is 5.75 Å². The van der Waals surface area contributed by atoms with Gasteiger partial charge >= 0.3 is 12.1 Å². The minimum Gasteiger partial charge on any atom is -0.485 e. The molecule has 3 aromatic heterocycles. The van der Waals surface area contributed by atoms with Crippen molar-refractivity contribution in [3.05, 3.63) is 41.8 Å². The molecule has 0 saturated carbocycles. The van der Waals surface area contributed by atoms with Crippen LogP contribution in [0, 0.1) is 0 Å². The first-order valence-corrected chi connectivity index (χ1v) is 9.33. The number of hydrogen-bond acceptors (Lipinski definition) is 4. The molecule has 0 unspecified atom stereocenters. The molecule has 28 heavy (non-hydrogen) atoms. The van der Waals surface area contributed by atoms with Crippen LogP contribution >= 0.6 is 23.4 Å². The van der Waals surface area contributed by atoms with Crippen molar-refractivity contribution < 1.29 is 26.7 Å². The first-order chi connectivity index (χ1) is 13.1. The van der Waals surface area contributed by atoms with E-state index in [1.54, 1.807) is 18.3 Å². The molecule has 0 aliphatic rings. The van der Waals surface area contributed by atoms with Crippen molar-refractivity contribution in [3.63, 3.8) is 0 Å². The molecule has 0 fully saturated rings. The smallest absolute Gasteiger partial charge is 0.456 e. The second kappa shape index (κ2) is 7.75. The molecule has 0 amide bonds. The first-order valence-electron chi connectivity index (χ1n) is 7.97. The van der Waals surface area contributed by atoms with Crippen molar-refractivity contribution >= 4 is 28.9 Å². The molecule has 3 aromatic rings. The van der Waals surface area contributed by atoms with Crippen LogP contribution in [0.25, 0.3) is 17.0 Å². The maximum absolute atomic E-state index is 13.2. The number of rotatable bonds is 6. The van der Waals surface area contributed by atoms with Crippen molar-refractivity contribution in [2.45, 2.75) is 23.9 Å². The monoisotopic (exact) mass is 437 g/mol. The van der Waals surface area contributed by atoms with E-state index in [1.807, 2.05) is 6.92 Å². The Kier molecular flexibility index (Phi) is 5.72. The van der Waals surface area contributed by atoms with Crippen molar-refractivity contribution in [2.24, 2.45) is 0 Å². The van der Waals surface area contributed by atoms with E-state index in [-0.39, 0.29) is 16.4 Å². The molecule has 0 aliphatic heterocycles. The highest BCUT2D eigenvalue weighted by Gasteiger charge is 2.58. The van der Waals surface area contributed by atoms with Gasteiger partial charge in [0.1, 0.15) is 22.1 Å². The van der Waals surface area contributed by atoms with Gasteiger partial charge in [0.15, 0.2) is 12.4 Å². The summed E-state index contributed by atoms with van der Waals surface area (Å²) in [6.45, 7) is 0.128. The normalized spacial score (nSPS) is 12.5. The summed E-state index contributed by atoms with van der Waals surface area (Å²) in [6.07, 6.45) is -2.80. The van der Waals surface area contributed by atoms with E-state index in [0.29, 0.717) is 11.5 Å². The number of aromatic nitrogens is 3. The number of ether oxygens (including phenoxy) is 1. The maximum atomic E-state index is 13.2. The van der Waals surface area contributed by atoms with E-state index in [1.165, 1.54) is 34.5 Å². The zero-order valence-electron chi connectivity index (χ0n) is 14.3. The molecule has 0 N–H and O–H groups in total.